The van der Waals surface area contributed by atoms with Crippen molar-refractivity contribution in [2.45, 2.75) is 168 Å². The van der Waals surface area contributed by atoms with E-state index in [9.17, 15) is 19.8 Å². The number of likely N-dealkylation sites (tertiary alicyclic amines) is 1. The van der Waals surface area contributed by atoms with Crippen LogP contribution in [-0.2, 0) is 9.59 Å². The Bertz CT molecular complexity index is 1350. The highest BCUT2D eigenvalue weighted by atomic mass is 16.3. The number of hydrogen-bond acceptors (Lipinski definition) is 4. The summed E-state index contributed by atoms with van der Waals surface area (Å²) in [5, 5.41) is 25.2. The molecule has 5 rings (SSSR count). The smallest absolute Gasteiger partial charge is 0.222 e. The van der Waals surface area contributed by atoms with Gasteiger partial charge in [0.1, 0.15) is 0 Å². The van der Waals surface area contributed by atoms with Gasteiger partial charge in [-0.25, -0.2) is 0 Å². The van der Waals surface area contributed by atoms with E-state index in [0.717, 1.165) is 90.0 Å². The number of aliphatic hydroxyl groups excluding tert-OH is 2. The van der Waals surface area contributed by atoms with E-state index in [2.05, 4.69) is 93.8 Å². The number of amides is 2. The van der Waals surface area contributed by atoms with Gasteiger partial charge in [0.05, 0.1) is 12.2 Å². The fourth-order valence-corrected chi connectivity index (χ4v) is 12.0. The lowest BCUT2D eigenvalue weighted by Crippen LogP contribution is -2.58. The van der Waals surface area contributed by atoms with E-state index >= 15 is 0 Å². The van der Waals surface area contributed by atoms with Crippen LogP contribution >= 0.6 is 0 Å². The van der Waals surface area contributed by atoms with Gasteiger partial charge in [-0.1, -0.05) is 88.5 Å². The minimum Gasteiger partial charge on any atom is -0.393 e. The third kappa shape index (κ3) is 10.9. The molecule has 0 aromatic rings. The largest absolute Gasteiger partial charge is 0.393 e. The predicted octanol–water partition coefficient (Wildman–Crippen LogP) is 10.0. The molecular formula is C48H76N2O4. The summed E-state index contributed by atoms with van der Waals surface area (Å²) in [6, 6.07) is 0.0604. The molecule has 0 radical (unpaired) electrons. The number of carbonyl (C=O) groups is 2. The van der Waals surface area contributed by atoms with Gasteiger partial charge in [0.15, 0.2) is 0 Å². The summed E-state index contributed by atoms with van der Waals surface area (Å²) >= 11 is 0. The number of hydrogen-bond donors (Lipinski definition) is 3. The van der Waals surface area contributed by atoms with Crippen LogP contribution in [0.15, 0.2) is 60.8 Å². The number of rotatable bonds is 18. The van der Waals surface area contributed by atoms with E-state index in [1.165, 1.54) is 25.7 Å². The molecule has 11 unspecified atom stereocenters. The Hall–Kier alpha value is -2.44. The number of aliphatic hydroxyl groups is 2. The number of nitrogens with zero attached hydrogens (tertiary/aromatic N) is 1. The van der Waals surface area contributed by atoms with Crippen LogP contribution in [0.25, 0.3) is 0 Å². The predicted molar refractivity (Wildman–Crippen MR) is 222 cm³/mol. The maximum atomic E-state index is 13.1. The van der Waals surface area contributed by atoms with Crippen LogP contribution in [0.4, 0.5) is 0 Å². The fourth-order valence-electron chi connectivity index (χ4n) is 12.0. The Morgan fingerprint density at radius 1 is 0.778 bits per heavy atom. The van der Waals surface area contributed by atoms with Crippen molar-refractivity contribution < 1.29 is 19.8 Å². The van der Waals surface area contributed by atoms with Crippen LogP contribution in [0, 0.1) is 46.3 Å². The molecule has 0 aromatic carbocycles. The number of allylic oxidation sites excluding steroid dienone is 10. The lowest BCUT2D eigenvalue weighted by Gasteiger charge is -2.62. The lowest BCUT2D eigenvalue weighted by atomic mass is 9.43. The Labute approximate surface area is 329 Å². The normalized spacial score (nSPS) is 36.1. The first-order valence-electron chi connectivity index (χ1n) is 22.2. The molecule has 3 N–H and O–H groups in total. The Balaban J connectivity index is 0.942. The standard InChI is InChI=1S/C48H76N2O4/c1-5-6-7-8-9-10-11-12-13-14-15-16-17-18-19-20-21-22-45(54)50-32-29-38(35-50)49-44(53)26-23-36(2)40-24-25-41-46-42(28-31-48(40,41)4)47(3)30-27-39(51)33-37(47)34-43(46)52/h6-7,9-10,12-13,15-16,18-19,36-43,46,51-52H,5,8,11,14,17,20-35H2,1-4H3,(H,49,53). The van der Waals surface area contributed by atoms with Crippen molar-refractivity contribution in [2.75, 3.05) is 13.1 Å². The van der Waals surface area contributed by atoms with Gasteiger partial charge in [-0.3, -0.25) is 9.59 Å². The van der Waals surface area contributed by atoms with Gasteiger partial charge in [-0.05, 0) is 155 Å². The minimum absolute atomic E-state index is 0.0604. The summed E-state index contributed by atoms with van der Waals surface area (Å²) in [6.45, 7) is 10.9. The maximum absolute atomic E-state index is 13.1. The molecule has 4 aliphatic carbocycles. The first kappa shape index (κ1) is 42.7. The molecule has 1 saturated heterocycles. The second kappa shape index (κ2) is 20.6. The zero-order valence-corrected chi connectivity index (χ0v) is 34.5. The highest BCUT2D eigenvalue weighted by Gasteiger charge is 2.62. The van der Waals surface area contributed by atoms with Crippen LogP contribution < -0.4 is 5.32 Å². The van der Waals surface area contributed by atoms with Crippen molar-refractivity contribution in [3.8, 4) is 0 Å². The average Bonchev–Trinajstić information content (AvgIpc) is 3.76. The quantitative estimate of drug-likeness (QED) is 0.0963. The van der Waals surface area contributed by atoms with E-state index in [1.807, 2.05) is 4.90 Å². The molecule has 0 bridgehead atoms. The summed E-state index contributed by atoms with van der Waals surface area (Å²) in [5.74, 6) is 3.36. The zero-order valence-electron chi connectivity index (χ0n) is 34.5. The first-order valence-corrected chi connectivity index (χ1v) is 22.2. The lowest BCUT2D eigenvalue weighted by molar-refractivity contribution is -0.174. The van der Waals surface area contributed by atoms with Crippen molar-refractivity contribution in [1.82, 2.24) is 10.2 Å². The van der Waals surface area contributed by atoms with Gasteiger partial charge in [-0.15, -0.1) is 0 Å². The van der Waals surface area contributed by atoms with Gasteiger partial charge in [-0.2, -0.15) is 0 Å². The van der Waals surface area contributed by atoms with Crippen molar-refractivity contribution in [2.24, 2.45) is 46.3 Å². The summed E-state index contributed by atoms with van der Waals surface area (Å²) in [6.07, 6.45) is 39.8. The molecule has 0 aromatic heterocycles. The van der Waals surface area contributed by atoms with Crippen LogP contribution in [0.5, 0.6) is 0 Å². The number of fused-ring (bicyclic) bond motifs is 5. The van der Waals surface area contributed by atoms with Crippen molar-refractivity contribution in [1.29, 1.82) is 0 Å². The molecule has 2 amide bonds. The van der Waals surface area contributed by atoms with Gasteiger partial charge in [0, 0.05) is 32.0 Å². The second-order valence-electron chi connectivity index (χ2n) is 18.5. The van der Waals surface area contributed by atoms with Crippen LogP contribution in [0.2, 0.25) is 0 Å². The summed E-state index contributed by atoms with van der Waals surface area (Å²) < 4.78 is 0. The maximum Gasteiger partial charge on any atom is 0.222 e. The van der Waals surface area contributed by atoms with Crippen molar-refractivity contribution >= 4 is 11.8 Å². The molecule has 6 nitrogen and oxygen atoms in total. The summed E-state index contributed by atoms with van der Waals surface area (Å²) in [5.41, 5.74) is 0.485. The van der Waals surface area contributed by atoms with Gasteiger partial charge in [0.25, 0.3) is 0 Å². The molecule has 6 heteroatoms. The SMILES string of the molecule is CCC=CCC=CCC=CCC=CCC=CCCCC(=O)N1CCC(NC(=O)CCC(C)C2CCC3C4C(O)CC5CC(O)CCC5(C)C4CCC23C)C1. The third-order valence-corrected chi connectivity index (χ3v) is 15.1. The number of unbranched alkanes of at least 4 members (excludes halogenated alkanes) is 1. The minimum atomic E-state index is -0.246. The van der Waals surface area contributed by atoms with E-state index in [1.54, 1.807) is 0 Å². The molecule has 5 fully saturated rings. The van der Waals surface area contributed by atoms with Crippen LogP contribution in [0.3, 0.4) is 0 Å². The molecule has 1 heterocycles. The fraction of sp³-hybridized carbons (Fsp3) is 0.750. The van der Waals surface area contributed by atoms with E-state index in [4.69, 9.17) is 0 Å². The molecule has 0 spiro atoms. The molecule has 5 aliphatic rings. The highest BCUT2D eigenvalue weighted by Crippen LogP contribution is 2.68. The monoisotopic (exact) mass is 745 g/mol. The summed E-state index contributed by atoms with van der Waals surface area (Å²) in [7, 11) is 0. The topological polar surface area (TPSA) is 89.9 Å². The van der Waals surface area contributed by atoms with Crippen molar-refractivity contribution in [3.05, 3.63) is 60.8 Å². The zero-order chi connectivity index (χ0) is 38.6. The van der Waals surface area contributed by atoms with Gasteiger partial charge in [0.2, 0.25) is 11.8 Å². The highest BCUT2D eigenvalue weighted by molar-refractivity contribution is 5.78. The number of nitrogens with one attached hydrogen (secondary N) is 1. The van der Waals surface area contributed by atoms with Crippen molar-refractivity contribution in [3.63, 3.8) is 0 Å². The van der Waals surface area contributed by atoms with E-state index in [0.29, 0.717) is 54.9 Å². The Morgan fingerprint density at radius 3 is 2.09 bits per heavy atom. The summed E-state index contributed by atoms with van der Waals surface area (Å²) in [4.78, 5) is 28.0. The van der Waals surface area contributed by atoms with E-state index < -0.39 is 0 Å². The number of carbonyl (C=O) groups excluding carboxylic acids is 2. The average molecular weight is 745 g/mol. The molecule has 11 atom stereocenters. The third-order valence-electron chi connectivity index (χ3n) is 15.1. The molecular weight excluding hydrogens is 669 g/mol. The second-order valence-corrected chi connectivity index (χ2v) is 18.5. The first-order chi connectivity index (χ1) is 26.1. The van der Waals surface area contributed by atoms with Gasteiger partial charge >= 0.3 is 0 Å². The molecule has 4 saturated carbocycles. The van der Waals surface area contributed by atoms with E-state index in [-0.39, 0.29) is 40.9 Å². The Morgan fingerprint density at radius 2 is 1.41 bits per heavy atom. The van der Waals surface area contributed by atoms with Crippen LogP contribution in [-0.4, -0.2) is 58.3 Å². The van der Waals surface area contributed by atoms with Gasteiger partial charge < -0.3 is 20.4 Å². The molecule has 302 valence electrons. The molecule has 54 heavy (non-hydrogen) atoms. The molecule has 1 aliphatic heterocycles. The van der Waals surface area contributed by atoms with Crippen LogP contribution in [0.1, 0.15) is 150 Å². The Kier molecular flexibility index (Phi) is 16.3.